The fourth-order valence-corrected chi connectivity index (χ4v) is 1.44. The molecule has 2 N–H and O–H groups in total. The molecule has 2 aromatic rings. The molecule has 1 heterocycles. The summed E-state index contributed by atoms with van der Waals surface area (Å²) in [6.07, 6.45) is 0. The maximum absolute atomic E-state index is 5.81. The number of nitrogens with two attached hydrogens (primary N) is 1. The Balaban J connectivity index is 2.89. The van der Waals surface area contributed by atoms with Crippen LogP contribution < -0.4 is 5.73 Å². The van der Waals surface area contributed by atoms with E-state index in [-0.39, 0.29) is 0 Å². The van der Waals surface area contributed by atoms with Crippen molar-refractivity contribution >= 4 is 16.7 Å². The van der Waals surface area contributed by atoms with Crippen LogP contribution in [0.2, 0.25) is 0 Å². The number of nitrogens with zero attached hydrogens (tertiary/aromatic N) is 2. The highest BCUT2D eigenvalue weighted by Crippen LogP contribution is 2.21. The monoisotopic (exact) mass is 187 g/mol. The molecule has 3 nitrogen and oxygen atoms in total. The van der Waals surface area contributed by atoms with Gasteiger partial charge < -0.3 is 5.73 Å². The van der Waals surface area contributed by atoms with Crippen LogP contribution in [0, 0.1) is 20.8 Å². The van der Waals surface area contributed by atoms with E-state index in [1.807, 2.05) is 32.9 Å². The molecular weight excluding hydrogens is 174 g/mol. The van der Waals surface area contributed by atoms with Gasteiger partial charge in [0.25, 0.3) is 0 Å². The van der Waals surface area contributed by atoms with Gasteiger partial charge in [-0.05, 0) is 38.5 Å². The van der Waals surface area contributed by atoms with Gasteiger partial charge in [0.2, 0.25) is 0 Å². The summed E-state index contributed by atoms with van der Waals surface area (Å²) in [7, 11) is 0. The van der Waals surface area contributed by atoms with Gasteiger partial charge in [-0.3, -0.25) is 0 Å². The predicted octanol–water partition coefficient (Wildman–Crippen LogP) is 2.14. The third kappa shape index (κ3) is 1.21. The van der Waals surface area contributed by atoms with E-state index < -0.39 is 0 Å². The summed E-state index contributed by atoms with van der Waals surface area (Å²) in [5.74, 6) is 0. The summed E-state index contributed by atoms with van der Waals surface area (Å²) in [6, 6.07) is 3.79. The van der Waals surface area contributed by atoms with Crippen molar-refractivity contribution in [3.63, 3.8) is 0 Å². The molecule has 3 heteroatoms. The van der Waals surface area contributed by atoms with E-state index in [4.69, 9.17) is 5.73 Å². The molecule has 0 radical (unpaired) electrons. The van der Waals surface area contributed by atoms with Crippen LogP contribution in [0.5, 0.6) is 0 Å². The molecule has 0 aliphatic rings. The summed E-state index contributed by atoms with van der Waals surface area (Å²) >= 11 is 0. The summed E-state index contributed by atoms with van der Waals surface area (Å²) in [5.41, 5.74) is 11.4. The van der Waals surface area contributed by atoms with E-state index in [0.29, 0.717) is 0 Å². The zero-order chi connectivity index (χ0) is 10.3. The minimum Gasteiger partial charge on any atom is -0.398 e. The second-order valence-corrected chi connectivity index (χ2v) is 3.54. The number of anilines is 1. The van der Waals surface area contributed by atoms with Gasteiger partial charge in [-0.25, -0.2) is 9.97 Å². The fraction of sp³-hybridized carbons (Fsp3) is 0.273. The van der Waals surface area contributed by atoms with Gasteiger partial charge in [-0.1, -0.05) is 0 Å². The first-order valence-electron chi connectivity index (χ1n) is 4.59. The third-order valence-corrected chi connectivity index (χ3v) is 2.54. The van der Waals surface area contributed by atoms with E-state index in [1.165, 1.54) is 0 Å². The Labute approximate surface area is 83.0 Å². The third-order valence-electron chi connectivity index (χ3n) is 2.54. The van der Waals surface area contributed by atoms with Gasteiger partial charge in [-0.15, -0.1) is 0 Å². The van der Waals surface area contributed by atoms with Gasteiger partial charge in [0.15, 0.2) is 0 Å². The highest BCUT2D eigenvalue weighted by Gasteiger charge is 2.05. The first kappa shape index (κ1) is 8.94. The lowest BCUT2D eigenvalue weighted by molar-refractivity contribution is 1.10. The molecule has 0 fully saturated rings. The lowest BCUT2D eigenvalue weighted by Gasteiger charge is -2.06. The van der Waals surface area contributed by atoms with Crippen LogP contribution in [0.4, 0.5) is 5.69 Å². The molecule has 0 bridgehead atoms. The topological polar surface area (TPSA) is 51.8 Å². The van der Waals surface area contributed by atoms with Crippen LogP contribution in [0.1, 0.15) is 17.0 Å². The van der Waals surface area contributed by atoms with Gasteiger partial charge in [0.1, 0.15) is 0 Å². The normalized spacial score (nSPS) is 10.8. The number of nitrogen functional groups attached to an aromatic ring is 1. The Hall–Kier alpha value is -1.64. The van der Waals surface area contributed by atoms with Crippen molar-refractivity contribution in [1.29, 1.82) is 0 Å². The quantitative estimate of drug-likeness (QED) is 0.643. The van der Waals surface area contributed by atoms with Crippen LogP contribution in [0.15, 0.2) is 12.1 Å². The van der Waals surface area contributed by atoms with Crippen molar-refractivity contribution in [3.05, 3.63) is 29.1 Å². The van der Waals surface area contributed by atoms with E-state index in [0.717, 1.165) is 33.7 Å². The molecule has 2 rings (SSSR count). The number of benzene rings is 1. The zero-order valence-corrected chi connectivity index (χ0v) is 8.63. The molecular formula is C11H13N3. The number of hydrogen-bond acceptors (Lipinski definition) is 3. The lowest BCUT2D eigenvalue weighted by atomic mass is 10.1. The first-order chi connectivity index (χ1) is 6.59. The number of rotatable bonds is 0. The van der Waals surface area contributed by atoms with Crippen molar-refractivity contribution in [2.45, 2.75) is 20.8 Å². The Morgan fingerprint density at radius 3 is 2.36 bits per heavy atom. The summed E-state index contributed by atoms with van der Waals surface area (Å²) in [6.45, 7) is 5.90. The SMILES string of the molecule is Cc1nc2ccc(N)c(C)c2nc1C. The lowest BCUT2D eigenvalue weighted by Crippen LogP contribution is -1.97. The molecule has 1 aromatic heterocycles. The molecule has 0 spiro atoms. The van der Waals surface area contributed by atoms with Crippen molar-refractivity contribution < 1.29 is 0 Å². The number of aryl methyl sites for hydroxylation is 3. The average molecular weight is 187 g/mol. The standard InChI is InChI=1S/C11H13N3/c1-6-9(12)4-5-10-11(6)14-8(3)7(2)13-10/h4-5H,12H2,1-3H3. The minimum atomic E-state index is 0.773. The van der Waals surface area contributed by atoms with Crippen LogP contribution in [0.3, 0.4) is 0 Å². The smallest absolute Gasteiger partial charge is 0.0939 e. The summed E-state index contributed by atoms with van der Waals surface area (Å²) in [4.78, 5) is 8.95. The second-order valence-electron chi connectivity index (χ2n) is 3.54. The van der Waals surface area contributed by atoms with Crippen LogP contribution in [0.25, 0.3) is 11.0 Å². The van der Waals surface area contributed by atoms with E-state index in [9.17, 15) is 0 Å². The zero-order valence-electron chi connectivity index (χ0n) is 8.63. The molecule has 0 saturated carbocycles. The van der Waals surface area contributed by atoms with Gasteiger partial charge in [0, 0.05) is 5.69 Å². The van der Waals surface area contributed by atoms with E-state index in [2.05, 4.69) is 9.97 Å². The molecule has 0 aliphatic heterocycles. The minimum absolute atomic E-state index is 0.773. The average Bonchev–Trinajstić information content (AvgIpc) is 2.15. The van der Waals surface area contributed by atoms with Crippen LogP contribution in [-0.2, 0) is 0 Å². The Morgan fingerprint density at radius 1 is 1.00 bits per heavy atom. The molecule has 1 aromatic carbocycles. The Morgan fingerprint density at radius 2 is 1.64 bits per heavy atom. The highest BCUT2D eigenvalue weighted by atomic mass is 14.8. The molecule has 0 atom stereocenters. The molecule has 0 amide bonds. The highest BCUT2D eigenvalue weighted by molar-refractivity contribution is 5.83. The molecule has 14 heavy (non-hydrogen) atoms. The van der Waals surface area contributed by atoms with Crippen molar-refractivity contribution in [3.8, 4) is 0 Å². The van der Waals surface area contributed by atoms with Crippen molar-refractivity contribution in [2.24, 2.45) is 0 Å². The molecule has 72 valence electrons. The maximum atomic E-state index is 5.81. The second kappa shape index (κ2) is 2.94. The van der Waals surface area contributed by atoms with Gasteiger partial charge in [-0.2, -0.15) is 0 Å². The first-order valence-corrected chi connectivity index (χ1v) is 4.59. The van der Waals surface area contributed by atoms with Crippen molar-refractivity contribution in [1.82, 2.24) is 9.97 Å². The summed E-state index contributed by atoms with van der Waals surface area (Å²) < 4.78 is 0. The molecule has 0 aliphatic carbocycles. The Bertz CT molecular complexity index is 503. The predicted molar refractivity (Wildman–Crippen MR) is 58.2 cm³/mol. The van der Waals surface area contributed by atoms with Crippen LogP contribution >= 0.6 is 0 Å². The number of aromatic nitrogens is 2. The molecule has 0 saturated heterocycles. The van der Waals surface area contributed by atoms with E-state index >= 15 is 0 Å². The maximum Gasteiger partial charge on any atom is 0.0939 e. The van der Waals surface area contributed by atoms with Crippen molar-refractivity contribution in [2.75, 3.05) is 5.73 Å². The van der Waals surface area contributed by atoms with Crippen LogP contribution in [-0.4, -0.2) is 9.97 Å². The number of fused-ring (bicyclic) bond motifs is 1. The van der Waals surface area contributed by atoms with E-state index in [1.54, 1.807) is 0 Å². The fourth-order valence-electron chi connectivity index (χ4n) is 1.44. The largest absolute Gasteiger partial charge is 0.398 e. The van der Waals surface area contributed by atoms with Gasteiger partial charge >= 0.3 is 0 Å². The Kier molecular flexibility index (Phi) is 1.88. The van der Waals surface area contributed by atoms with Gasteiger partial charge in [0.05, 0.1) is 22.4 Å². The summed E-state index contributed by atoms with van der Waals surface area (Å²) in [5, 5.41) is 0. The molecule has 0 unspecified atom stereocenters. The number of hydrogen-bond donors (Lipinski definition) is 1.